The summed E-state index contributed by atoms with van der Waals surface area (Å²) >= 11 is 1.66. The molecule has 2 rings (SSSR count). The van der Waals surface area contributed by atoms with Crippen molar-refractivity contribution in [2.24, 2.45) is 11.7 Å². The molecule has 2 atom stereocenters. The number of hydrogen-bond acceptors (Lipinski definition) is 3. The van der Waals surface area contributed by atoms with Crippen molar-refractivity contribution < 1.29 is 0 Å². The Morgan fingerprint density at radius 1 is 1.60 bits per heavy atom. The normalized spacial score (nSPS) is 15.7. The lowest BCUT2D eigenvalue weighted by molar-refractivity contribution is 0.438. The van der Waals surface area contributed by atoms with Gasteiger partial charge in [-0.3, -0.25) is 4.40 Å². The van der Waals surface area contributed by atoms with E-state index < -0.39 is 0 Å². The maximum atomic E-state index is 6.10. The van der Waals surface area contributed by atoms with E-state index in [4.69, 9.17) is 5.73 Å². The molecule has 4 heteroatoms. The van der Waals surface area contributed by atoms with E-state index in [1.807, 2.05) is 11.6 Å². The van der Waals surface area contributed by atoms with Crippen molar-refractivity contribution in [3.63, 3.8) is 0 Å². The first kappa shape index (κ1) is 10.6. The van der Waals surface area contributed by atoms with Crippen molar-refractivity contribution >= 4 is 16.3 Å². The van der Waals surface area contributed by atoms with Crippen LogP contribution in [0.5, 0.6) is 0 Å². The summed E-state index contributed by atoms with van der Waals surface area (Å²) in [4.78, 5) is 5.59. The largest absolute Gasteiger partial charge is 0.327 e. The molecule has 0 aliphatic heterocycles. The molecular formula is C11H17N3S. The third kappa shape index (κ3) is 2.21. The molecule has 0 spiro atoms. The van der Waals surface area contributed by atoms with Gasteiger partial charge in [-0.25, -0.2) is 4.98 Å². The highest BCUT2D eigenvalue weighted by Gasteiger charge is 2.13. The second kappa shape index (κ2) is 4.33. The Hall–Kier alpha value is -0.870. The van der Waals surface area contributed by atoms with Gasteiger partial charge in [0.25, 0.3) is 0 Å². The number of nitrogens with zero attached hydrogens (tertiary/aromatic N) is 2. The quantitative estimate of drug-likeness (QED) is 0.864. The monoisotopic (exact) mass is 223 g/mol. The number of nitrogens with two attached hydrogens (primary N) is 1. The molecule has 0 amide bonds. The number of aromatic nitrogens is 2. The summed E-state index contributed by atoms with van der Waals surface area (Å²) in [5.41, 5.74) is 7.21. The topological polar surface area (TPSA) is 43.3 Å². The highest BCUT2D eigenvalue weighted by molar-refractivity contribution is 7.15. The van der Waals surface area contributed by atoms with Gasteiger partial charge in [0.15, 0.2) is 4.96 Å². The van der Waals surface area contributed by atoms with E-state index in [1.165, 1.54) is 0 Å². The molecule has 0 bridgehead atoms. The zero-order chi connectivity index (χ0) is 10.8. The standard InChI is InChI=1S/C11H17N3S/c1-3-8(2)10(12)6-9-7-14-4-5-15-11(14)13-9/h4-5,7-8,10H,3,6,12H2,1-2H3. The van der Waals surface area contributed by atoms with Gasteiger partial charge in [0.2, 0.25) is 0 Å². The highest BCUT2D eigenvalue weighted by atomic mass is 32.1. The van der Waals surface area contributed by atoms with Gasteiger partial charge >= 0.3 is 0 Å². The summed E-state index contributed by atoms with van der Waals surface area (Å²) in [6.07, 6.45) is 6.12. The van der Waals surface area contributed by atoms with Gasteiger partial charge in [0.1, 0.15) is 0 Å². The van der Waals surface area contributed by atoms with E-state index in [2.05, 4.69) is 29.4 Å². The van der Waals surface area contributed by atoms with E-state index in [1.54, 1.807) is 11.3 Å². The van der Waals surface area contributed by atoms with Crippen molar-refractivity contribution in [3.8, 4) is 0 Å². The van der Waals surface area contributed by atoms with Crippen LogP contribution in [0.25, 0.3) is 4.96 Å². The second-order valence-electron chi connectivity index (χ2n) is 4.08. The summed E-state index contributed by atoms with van der Waals surface area (Å²) in [6.45, 7) is 4.37. The molecule has 0 saturated carbocycles. The Balaban J connectivity index is 2.09. The van der Waals surface area contributed by atoms with Gasteiger partial charge in [-0.2, -0.15) is 0 Å². The molecule has 2 heterocycles. The summed E-state index contributed by atoms with van der Waals surface area (Å²) in [5, 5.41) is 2.04. The first-order valence-electron chi connectivity index (χ1n) is 5.37. The van der Waals surface area contributed by atoms with Crippen molar-refractivity contribution in [1.29, 1.82) is 0 Å². The predicted octanol–water partition coefficient (Wildman–Crippen LogP) is 2.31. The van der Waals surface area contributed by atoms with Gasteiger partial charge in [-0.05, 0) is 5.92 Å². The second-order valence-corrected chi connectivity index (χ2v) is 4.95. The number of imidazole rings is 1. The van der Waals surface area contributed by atoms with Crippen LogP contribution in [0.2, 0.25) is 0 Å². The summed E-state index contributed by atoms with van der Waals surface area (Å²) in [5.74, 6) is 0.560. The molecule has 15 heavy (non-hydrogen) atoms. The number of fused-ring (bicyclic) bond motifs is 1. The van der Waals surface area contributed by atoms with E-state index in [-0.39, 0.29) is 6.04 Å². The van der Waals surface area contributed by atoms with Crippen LogP contribution < -0.4 is 5.73 Å². The molecule has 0 fully saturated rings. The summed E-state index contributed by atoms with van der Waals surface area (Å²) in [6, 6.07) is 0.222. The minimum Gasteiger partial charge on any atom is -0.327 e. The van der Waals surface area contributed by atoms with E-state index in [0.717, 1.165) is 23.5 Å². The number of rotatable bonds is 4. The van der Waals surface area contributed by atoms with Gasteiger partial charge in [0.05, 0.1) is 5.69 Å². The Labute approximate surface area is 93.9 Å². The van der Waals surface area contributed by atoms with Crippen LogP contribution >= 0.6 is 11.3 Å². The maximum absolute atomic E-state index is 6.10. The third-order valence-corrected chi connectivity index (χ3v) is 3.73. The minimum absolute atomic E-state index is 0.222. The van der Waals surface area contributed by atoms with Crippen LogP contribution in [0.4, 0.5) is 0 Å². The van der Waals surface area contributed by atoms with Crippen molar-refractivity contribution in [2.45, 2.75) is 32.7 Å². The Kier molecular flexibility index (Phi) is 3.07. The van der Waals surface area contributed by atoms with Gasteiger partial charge in [-0.1, -0.05) is 20.3 Å². The van der Waals surface area contributed by atoms with Gasteiger partial charge < -0.3 is 5.73 Å². The fourth-order valence-electron chi connectivity index (χ4n) is 1.62. The Bertz CT molecular complexity index is 403. The van der Waals surface area contributed by atoms with Crippen molar-refractivity contribution in [2.75, 3.05) is 0 Å². The summed E-state index contributed by atoms with van der Waals surface area (Å²) < 4.78 is 2.06. The molecule has 82 valence electrons. The molecule has 0 aromatic carbocycles. The van der Waals surface area contributed by atoms with Crippen LogP contribution in [0.15, 0.2) is 17.8 Å². The van der Waals surface area contributed by atoms with Crippen LogP contribution in [-0.2, 0) is 6.42 Å². The van der Waals surface area contributed by atoms with Crippen LogP contribution in [0, 0.1) is 5.92 Å². The lowest BCUT2D eigenvalue weighted by atomic mass is 9.96. The fraction of sp³-hybridized carbons (Fsp3) is 0.545. The van der Waals surface area contributed by atoms with Crippen LogP contribution in [-0.4, -0.2) is 15.4 Å². The molecular weight excluding hydrogens is 206 g/mol. The molecule has 2 aromatic heterocycles. The molecule has 0 radical (unpaired) electrons. The average molecular weight is 223 g/mol. The highest BCUT2D eigenvalue weighted by Crippen LogP contribution is 2.15. The molecule has 0 aliphatic rings. The third-order valence-electron chi connectivity index (χ3n) is 2.96. The number of thiazole rings is 1. The number of hydrogen-bond donors (Lipinski definition) is 1. The van der Waals surface area contributed by atoms with Crippen LogP contribution in [0.1, 0.15) is 26.0 Å². The van der Waals surface area contributed by atoms with E-state index in [0.29, 0.717) is 5.92 Å². The fourth-order valence-corrected chi connectivity index (χ4v) is 2.34. The zero-order valence-corrected chi connectivity index (χ0v) is 10.00. The zero-order valence-electron chi connectivity index (χ0n) is 9.18. The molecule has 2 aromatic rings. The average Bonchev–Trinajstić information content (AvgIpc) is 2.76. The first-order valence-corrected chi connectivity index (χ1v) is 6.25. The molecule has 0 aliphatic carbocycles. The lowest BCUT2D eigenvalue weighted by Gasteiger charge is -2.16. The first-order chi connectivity index (χ1) is 7.20. The Morgan fingerprint density at radius 3 is 3.07 bits per heavy atom. The lowest BCUT2D eigenvalue weighted by Crippen LogP contribution is -2.30. The molecule has 0 saturated heterocycles. The minimum atomic E-state index is 0.222. The maximum Gasteiger partial charge on any atom is 0.193 e. The summed E-state index contributed by atoms with van der Waals surface area (Å²) in [7, 11) is 0. The van der Waals surface area contributed by atoms with E-state index in [9.17, 15) is 0 Å². The van der Waals surface area contributed by atoms with E-state index >= 15 is 0 Å². The molecule has 2 N–H and O–H groups in total. The molecule has 2 unspecified atom stereocenters. The Morgan fingerprint density at radius 2 is 2.40 bits per heavy atom. The molecule has 3 nitrogen and oxygen atoms in total. The smallest absolute Gasteiger partial charge is 0.193 e. The van der Waals surface area contributed by atoms with Crippen molar-refractivity contribution in [3.05, 3.63) is 23.5 Å². The van der Waals surface area contributed by atoms with Crippen molar-refractivity contribution in [1.82, 2.24) is 9.38 Å². The SMILES string of the molecule is CCC(C)C(N)Cc1cn2ccsc2n1. The van der Waals surface area contributed by atoms with Crippen LogP contribution in [0.3, 0.4) is 0 Å². The van der Waals surface area contributed by atoms with Gasteiger partial charge in [0, 0.05) is 30.2 Å². The predicted molar refractivity (Wildman–Crippen MR) is 64.2 cm³/mol. The van der Waals surface area contributed by atoms with Gasteiger partial charge in [-0.15, -0.1) is 11.3 Å².